The third kappa shape index (κ3) is 38.5. The first kappa shape index (κ1) is 76.6. The highest BCUT2D eigenvalue weighted by Gasteiger charge is 2.37. The number of unbranched alkanes of at least 4 members (excludes halogenated alkanes) is 16. The number of hydrogen-bond acceptors (Lipinski definition) is 15. The van der Waals surface area contributed by atoms with E-state index >= 15 is 0 Å². The molecule has 18 nitrogen and oxygen atoms in total. The smallest absolute Gasteiger partial charge is 0.308 e. The molecule has 0 aliphatic carbocycles. The number of carboxylic acids is 1. The van der Waals surface area contributed by atoms with Crippen LogP contribution >= 0.6 is 0 Å². The number of rotatable bonds is 48. The minimum atomic E-state index is -1.43. The SMILES string of the molecule is CCCCCCCCC(CCCCCC)CC(CNC(=O)[C@H](O)C(C)(C)COC(=O)CCN1CCOCC1)C(=O)O.CCCCCCCCC(CCCCCC)COC(=O)CCNC(=O)[C@H](O)C(C)(C)COC(=O)CCN1CCOCC1. The Balaban J connectivity index is 0.000000820. The number of carbonyl (C=O) groups excluding carboxylic acids is 5. The normalized spacial score (nSPS) is 16.2. The first-order valence-electron chi connectivity index (χ1n) is 32.5. The maximum atomic E-state index is 12.8. The highest BCUT2D eigenvalue weighted by Crippen LogP contribution is 2.27. The van der Waals surface area contributed by atoms with Gasteiger partial charge in [-0.25, -0.2) is 0 Å². The molecule has 2 heterocycles. The van der Waals surface area contributed by atoms with Gasteiger partial charge < -0.3 is 49.6 Å². The van der Waals surface area contributed by atoms with E-state index in [2.05, 4.69) is 48.1 Å². The van der Waals surface area contributed by atoms with Gasteiger partial charge in [-0.2, -0.15) is 0 Å². The van der Waals surface area contributed by atoms with Crippen LogP contribution in [0.2, 0.25) is 0 Å². The molecule has 2 saturated heterocycles. The van der Waals surface area contributed by atoms with Crippen molar-refractivity contribution < 1.29 is 67.8 Å². The fraction of sp³-hybridized carbons (Fsp3) is 0.906. The third-order valence-corrected chi connectivity index (χ3v) is 16.1. The predicted octanol–water partition coefficient (Wildman–Crippen LogP) is 10.2. The lowest BCUT2D eigenvalue weighted by atomic mass is 9.85. The van der Waals surface area contributed by atoms with Crippen LogP contribution in [0, 0.1) is 28.6 Å². The molecule has 0 aromatic carbocycles. The quantitative estimate of drug-likeness (QED) is 0.0216. The van der Waals surface area contributed by atoms with Crippen LogP contribution < -0.4 is 10.6 Å². The molecule has 2 aliphatic heterocycles. The molecule has 5 N–H and O–H groups in total. The minimum absolute atomic E-state index is 0.0252. The predicted molar refractivity (Wildman–Crippen MR) is 323 cm³/mol. The number of morpholine rings is 2. The van der Waals surface area contributed by atoms with Crippen LogP contribution in [-0.2, 0) is 52.5 Å². The summed E-state index contributed by atoms with van der Waals surface area (Å²) >= 11 is 0. The average molecular weight is 1170 g/mol. The molecule has 0 saturated carbocycles. The molecule has 2 aliphatic rings. The van der Waals surface area contributed by atoms with Crippen molar-refractivity contribution >= 4 is 35.7 Å². The molecular formula is C64H120N4O14. The van der Waals surface area contributed by atoms with E-state index in [9.17, 15) is 44.1 Å². The Morgan fingerprint density at radius 1 is 0.488 bits per heavy atom. The van der Waals surface area contributed by atoms with Gasteiger partial charge in [-0.05, 0) is 31.1 Å². The molecule has 0 aromatic heterocycles. The number of carbonyl (C=O) groups is 6. The Morgan fingerprint density at radius 2 is 0.841 bits per heavy atom. The summed E-state index contributed by atoms with van der Waals surface area (Å²) in [6.45, 7) is 22.8. The highest BCUT2D eigenvalue weighted by atomic mass is 16.5. The lowest BCUT2D eigenvalue weighted by molar-refractivity contribution is -0.154. The Hall–Kier alpha value is -3.42. The zero-order valence-corrected chi connectivity index (χ0v) is 53.0. The molecule has 3 unspecified atom stereocenters. The monoisotopic (exact) mass is 1170 g/mol. The summed E-state index contributed by atoms with van der Waals surface area (Å²) in [4.78, 5) is 78.5. The van der Waals surface area contributed by atoms with E-state index in [4.69, 9.17) is 23.7 Å². The van der Waals surface area contributed by atoms with Crippen LogP contribution in [-0.4, -0.2) is 172 Å². The standard InChI is InChI=1S/2C32H60N2O7/c1-5-7-9-11-12-14-16-27(15-13-10-8-6-2)25-40-28(35)17-19-33-31(38)30(37)32(3,4)26-41-29(36)18-20-34-21-23-39-24-22-34;1-5-7-9-11-12-14-16-26(15-13-10-8-6-2)23-27(31(38)39)24-33-30(37)29(36)32(3,4)25-41-28(35)17-18-34-19-21-40-22-20-34/h27,30,37H,5-26H2,1-4H3,(H,33,38);26-27,29,36H,5-25H2,1-4H3,(H,33,37)(H,38,39)/t27?,30-;26?,27?,29-/m00/s1. The van der Waals surface area contributed by atoms with Gasteiger partial charge in [-0.1, -0.05) is 197 Å². The molecule has 0 aromatic rings. The number of nitrogens with zero attached hydrogens (tertiary/aromatic N) is 2. The van der Waals surface area contributed by atoms with Gasteiger partial charge in [0.05, 0.1) is 71.4 Å². The fourth-order valence-corrected chi connectivity index (χ4v) is 10.2. The summed E-state index contributed by atoms with van der Waals surface area (Å²) in [5.41, 5.74) is -1.99. The first-order valence-corrected chi connectivity index (χ1v) is 32.5. The van der Waals surface area contributed by atoms with Crippen molar-refractivity contribution in [2.45, 2.75) is 247 Å². The van der Waals surface area contributed by atoms with E-state index < -0.39 is 46.7 Å². The molecule has 2 amide bonds. The van der Waals surface area contributed by atoms with Gasteiger partial charge >= 0.3 is 23.9 Å². The molecule has 82 heavy (non-hydrogen) atoms. The van der Waals surface area contributed by atoms with Gasteiger partial charge in [0.25, 0.3) is 0 Å². The molecule has 2 fully saturated rings. The Bertz CT molecular complexity index is 1670. The van der Waals surface area contributed by atoms with Gasteiger partial charge in [0.1, 0.15) is 12.2 Å². The topological polar surface area (TPSA) is 240 Å². The number of nitrogens with one attached hydrogen (secondary N) is 2. The Kier molecular flexibility index (Phi) is 44.6. The molecular weight excluding hydrogens is 1050 g/mol. The lowest BCUT2D eigenvalue weighted by Crippen LogP contribution is -2.48. The van der Waals surface area contributed by atoms with Crippen molar-refractivity contribution in [2.75, 3.05) is 98.6 Å². The van der Waals surface area contributed by atoms with Gasteiger partial charge in [-0.3, -0.25) is 38.6 Å². The van der Waals surface area contributed by atoms with Gasteiger partial charge in [0, 0.05) is 63.2 Å². The van der Waals surface area contributed by atoms with E-state index in [0.29, 0.717) is 64.4 Å². The van der Waals surface area contributed by atoms with Crippen LogP contribution in [0.3, 0.4) is 0 Å². The van der Waals surface area contributed by atoms with Crippen LogP contribution in [0.4, 0.5) is 0 Å². The van der Waals surface area contributed by atoms with Crippen LogP contribution in [0.25, 0.3) is 0 Å². The fourth-order valence-electron chi connectivity index (χ4n) is 10.2. The second-order valence-electron chi connectivity index (χ2n) is 24.8. The Labute approximate surface area is 496 Å². The number of aliphatic hydroxyl groups is 2. The summed E-state index contributed by atoms with van der Waals surface area (Å²) in [6.07, 6.45) is 26.7. The number of ether oxygens (including phenoxy) is 5. The lowest BCUT2D eigenvalue weighted by Gasteiger charge is -2.30. The van der Waals surface area contributed by atoms with Gasteiger partial charge in [-0.15, -0.1) is 0 Å². The van der Waals surface area contributed by atoms with E-state index in [-0.39, 0.29) is 63.5 Å². The third-order valence-electron chi connectivity index (χ3n) is 16.1. The van der Waals surface area contributed by atoms with E-state index in [1.54, 1.807) is 27.7 Å². The zero-order valence-electron chi connectivity index (χ0n) is 53.0. The second-order valence-corrected chi connectivity index (χ2v) is 24.8. The van der Waals surface area contributed by atoms with Crippen molar-refractivity contribution in [3.05, 3.63) is 0 Å². The molecule has 18 heteroatoms. The number of amides is 2. The maximum absolute atomic E-state index is 12.8. The van der Waals surface area contributed by atoms with Crippen molar-refractivity contribution in [2.24, 2.45) is 28.6 Å². The number of carboxylic acid groups (broad SMARTS) is 1. The van der Waals surface area contributed by atoms with E-state index in [0.717, 1.165) is 77.5 Å². The Morgan fingerprint density at radius 3 is 1.24 bits per heavy atom. The molecule has 0 radical (unpaired) electrons. The molecule has 5 atom stereocenters. The maximum Gasteiger partial charge on any atom is 0.308 e. The molecule has 0 spiro atoms. The summed E-state index contributed by atoms with van der Waals surface area (Å²) in [5.74, 6) is -3.23. The van der Waals surface area contributed by atoms with Crippen LogP contribution in [0.5, 0.6) is 0 Å². The number of aliphatic carboxylic acids is 1. The van der Waals surface area contributed by atoms with Gasteiger partial charge in [0.2, 0.25) is 11.8 Å². The van der Waals surface area contributed by atoms with Crippen molar-refractivity contribution in [1.82, 2.24) is 20.4 Å². The summed E-state index contributed by atoms with van der Waals surface area (Å²) in [5, 5.41) is 36.5. The number of esters is 3. The molecule has 2 rings (SSSR count). The van der Waals surface area contributed by atoms with E-state index in [1.807, 2.05) is 0 Å². The zero-order chi connectivity index (χ0) is 60.9. The molecule has 480 valence electrons. The number of aliphatic hydroxyl groups excluding tert-OH is 2. The van der Waals surface area contributed by atoms with Crippen molar-refractivity contribution in [3.8, 4) is 0 Å². The van der Waals surface area contributed by atoms with Crippen LogP contribution in [0.1, 0.15) is 235 Å². The molecule has 0 bridgehead atoms. The average Bonchev–Trinajstić information content (AvgIpc) is 3.47. The summed E-state index contributed by atoms with van der Waals surface area (Å²) < 4.78 is 26.9. The summed E-state index contributed by atoms with van der Waals surface area (Å²) in [6, 6.07) is 0. The summed E-state index contributed by atoms with van der Waals surface area (Å²) in [7, 11) is 0. The first-order chi connectivity index (χ1) is 39.3. The van der Waals surface area contributed by atoms with Crippen molar-refractivity contribution in [3.63, 3.8) is 0 Å². The minimum Gasteiger partial charge on any atom is -0.481 e. The second kappa shape index (κ2) is 47.8. The number of hydrogen-bond donors (Lipinski definition) is 5. The van der Waals surface area contributed by atoms with Crippen LogP contribution in [0.15, 0.2) is 0 Å². The largest absolute Gasteiger partial charge is 0.481 e. The van der Waals surface area contributed by atoms with Crippen molar-refractivity contribution in [1.29, 1.82) is 0 Å². The van der Waals surface area contributed by atoms with E-state index in [1.165, 1.54) is 103 Å². The highest BCUT2D eigenvalue weighted by molar-refractivity contribution is 5.82. The van der Waals surface area contributed by atoms with Gasteiger partial charge in [0.15, 0.2) is 0 Å².